The smallest absolute Gasteiger partial charge is 0.462 e. The van der Waals surface area contributed by atoms with Gasteiger partial charge in [-0.1, -0.05) is 376 Å². The average Bonchev–Trinajstić information content (AvgIpc) is 0.911. The van der Waals surface area contributed by atoms with E-state index in [0.717, 1.165) is 114 Å². The Labute approximate surface area is 626 Å². The molecule has 0 aliphatic rings. The van der Waals surface area contributed by atoms with Crippen LogP contribution in [0, 0.1) is 23.7 Å². The van der Waals surface area contributed by atoms with Crippen molar-refractivity contribution in [3.8, 4) is 0 Å². The minimum Gasteiger partial charge on any atom is -0.462 e. The van der Waals surface area contributed by atoms with Crippen LogP contribution in [0.2, 0.25) is 0 Å². The Kier molecular flexibility index (Phi) is 70.6. The van der Waals surface area contributed by atoms with Gasteiger partial charge in [-0.2, -0.15) is 0 Å². The molecule has 0 saturated carbocycles. The lowest BCUT2D eigenvalue weighted by molar-refractivity contribution is -0.161. The van der Waals surface area contributed by atoms with Crippen LogP contribution in [0.3, 0.4) is 0 Å². The molecular formula is C83H162O17P2. The fraction of sp³-hybridized carbons (Fsp3) is 0.952. The first kappa shape index (κ1) is 100. The maximum absolute atomic E-state index is 13.1. The van der Waals surface area contributed by atoms with Crippen LogP contribution < -0.4 is 0 Å². The standard InChI is InChI=1S/C83H162O17P2/c1-73(2)59-51-43-35-29-23-17-13-11-9-10-12-14-19-26-32-38-47-55-63-80(85)93-69-78(99-82(87)65-57-49-39-33-27-20-16-15-18-24-30-36-44-52-60-74(3)4)71-97-101(89,90)95-67-77(84)68-96-102(91,92)98-72-79(70-94-81(86)64-56-48-42-41-46-54-62-76(7)8)100-83(88)66-58-50-40-34-28-22-21-25-31-37-45-53-61-75(5)6/h73-79,84H,9-72H2,1-8H3,(H,89,90)(H,91,92)/t77-,78-,79-/m1/s1. The normalized spacial score (nSPS) is 14.0. The molecule has 0 aromatic rings. The minimum atomic E-state index is -4.96. The molecule has 19 heteroatoms. The zero-order valence-electron chi connectivity index (χ0n) is 67.2. The number of hydrogen-bond donors (Lipinski definition) is 3. The van der Waals surface area contributed by atoms with Gasteiger partial charge in [0.25, 0.3) is 0 Å². The van der Waals surface area contributed by atoms with E-state index in [0.29, 0.717) is 31.6 Å². The third-order valence-electron chi connectivity index (χ3n) is 19.3. The predicted molar refractivity (Wildman–Crippen MR) is 418 cm³/mol. The van der Waals surface area contributed by atoms with E-state index in [2.05, 4.69) is 55.4 Å². The summed E-state index contributed by atoms with van der Waals surface area (Å²) in [7, 11) is -9.92. The second-order valence-corrected chi connectivity index (χ2v) is 34.7. The highest BCUT2D eigenvalue weighted by Gasteiger charge is 2.30. The van der Waals surface area contributed by atoms with Gasteiger partial charge in [-0.25, -0.2) is 9.13 Å². The maximum atomic E-state index is 13.1. The van der Waals surface area contributed by atoms with E-state index >= 15 is 0 Å². The van der Waals surface area contributed by atoms with Crippen molar-refractivity contribution >= 4 is 39.5 Å². The molecule has 0 amide bonds. The van der Waals surface area contributed by atoms with Gasteiger partial charge in [-0.05, 0) is 49.4 Å². The summed E-state index contributed by atoms with van der Waals surface area (Å²) in [5.74, 6) is 0.961. The lowest BCUT2D eigenvalue weighted by Gasteiger charge is -2.21. The number of carbonyl (C=O) groups excluding carboxylic acids is 4. The van der Waals surface area contributed by atoms with Crippen molar-refractivity contribution in [1.29, 1.82) is 0 Å². The number of ether oxygens (including phenoxy) is 4. The van der Waals surface area contributed by atoms with Crippen LogP contribution in [-0.2, 0) is 65.4 Å². The first-order valence-electron chi connectivity index (χ1n) is 42.7. The maximum Gasteiger partial charge on any atom is 0.472 e. The summed E-state index contributed by atoms with van der Waals surface area (Å²) in [5, 5.41) is 10.6. The molecule has 0 radical (unpaired) electrons. The molecule has 0 aromatic carbocycles. The molecule has 17 nitrogen and oxygen atoms in total. The highest BCUT2D eigenvalue weighted by Crippen LogP contribution is 2.45. The van der Waals surface area contributed by atoms with Gasteiger partial charge in [0.1, 0.15) is 19.3 Å². The van der Waals surface area contributed by atoms with Crippen LogP contribution in [0.25, 0.3) is 0 Å². The predicted octanol–water partition coefficient (Wildman–Crippen LogP) is 24.8. The number of esters is 4. The molecule has 606 valence electrons. The van der Waals surface area contributed by atoms with E-state index < -0.39 is 97.5 Å². The number of rotatable bonds is 80. The Morgan fingerprint density at radius 2 is 0.412 bits per heavy atom. The van der Waals surface area contributed by atoms with Gasteiger partial charge in [-0.15, -0.1) is 0 Å². The minimum absolute atomic E-state index is 0.106. The topological polar surface area (TPSA) is 237 Å². The first-order chi connectivity index (χ1) is 49.1. The van der Waals surface area contributed by atoms with E-state index in [1.165, 1.54) is 225 Å². The Bertz CT molecular complexity index is 1990. The quantitative estimate of drug-likeness (QED) is 0.0222. The average molecular weight is 1490 g/mol. The van der Waals surface area contributed by atoms with E-state index in [9.17, 15) is 43.2 Å². The van der Waals surface area contributed by atoms with Crippen molar-refractivity contribution in [3.05, 3.63) is 0 Å². The largest absolute Gasteiger partial charge is 0.472 e. The summed E-state index contributed by atoms with van der Waals surface area (Å²) in [6, 6.07) is 0. The van der Waals surface area contributed by atoms with Crippen molar-refractivity contribution in [2.75, 3.05) is 39.6 Å². The SMILES string of the molecule is CC(C)CCCCCCCCCCCCCCCCCCCCC(=O)OC[C@H](COP(=O)(O)OC[C@@H](O)COP(=O)(O)OC[C@@H](COC(=O)CCCCCCCCC(C)C)OC(=O)CCCCCCCCCCCCCCC(C)C)OC(=O)CCCCCCCCCCCCCCCCC(C)C. The van der Waals surface area contributed by atoms with E-state index in [4.69, 9.17) is 37.0 Å². The number of carbonyl (C=O) groups is 4. The number of phosphoric acid groups is 2. The van der Waals surface area contributed by atoms with Crippen molar-refractivity contribution in [3.63, 3.8) is 0 Å². The van der Waals surface area contributed by atoms with Crippen LogP contribution in [0.4, 0.5) is 0 Å². The Morgan fingerprint density at radius 1 is 0.245 bits per heavy atom. The third-order valence-corrected chi connectivity index (χ3v) is 21.2. The van der Waals surface area contributed by atoms with Gasteiger partial charge in [0.05, 0.1) is 26.4 Å². The van der Waals surface area contributed by atoms with Crippen molar-refractivity contribution in [1.82, 2.24) is 0 Å². The molecule has 3 N–H and O–H groups in total. The summed E-state index contributed by atoms with van der Waals surface area (Å²) < 4.78 is 68.7. The van der Waals surface area contributed by atoms with Crippen LogP contribution in [-0.4, -0.2) is 96.7 Å². The molecule has 0 aliphatic heterocycles. The summed E-state index contributed by atoms with van der Waals surface area (Å²) in [5.41, 5.74) is 0. The van der Waals surface area contributed by atoms with E-state index in [-0.39, 0.29) is 25.7 Å². The highest BCUT2D eigenvalue weighted by molar-refractivity contribution is 7.47. The Balaban J connectivity index is 5.21. The van der Waals surface area contributed by atoms with E-state index in [1.54, 1.807) is 0 Å². The van der Waals surface area contributed by atoms with Crippen LogP contribution in [0.1, 0.15) is 428 Å². The molecule has 5 atom stereocenters. The molecule has 0 saturated heterocycles. The van der Waals surface area contributed by atoms with Gasteiger partial charge in [0.2, 0.25) is 0 Å². The lowest BCUT2D eigenvalue weighted by atomic mass is 10.0. The highest BCUT2D eigenvalue weighted by atomic mass is 31.2. The number of unbranched alkanes of at least 4 members (excludes halogenated alkanes) is 46. The monoisotopic (exact) mass is 1490 g/mol. The van der Waals surface area contributed by atoms with Crippen LogP contribution >= 0.6 is 15.6 Å². The summed E-state index contributed by atoms with van der Waals surface area (Å²) in [6.45, 7) is 14.2. The van der Waals surface area contributed by atoms with Gasteiger partial charge >= 0.3 is 39.5 Å². The van der Waals surface area contributed by atoms with Gasteiger partial charge < -0.3 is 33.8 Å². The summed E-state index contributed by atoms with van der Waals surface area (Å²) in [4.78, 5) is 73.0. The second-order valence-electron chi connectivity index (χ2n) is 31.8. The molecule has 0 heterocycles. The van der Waals surface area contributed by atoms with Gasteiger partial charge in [0, 0.05) is 25.7 Å². The zero-order valence-corrected chi connectivity index (χ0v) is 69.0. The second kappa shape index (κ2) is 72.0. The lowest BCUT2D eigenvalue weighted by Crippen LogP contribution is -2.30. The fourth-order valence-corrected chi connectivity index (χ4v) is 14.4. The molecule has 102 heavy (non-hydrogen) atoms. The van der Waals surface area contributed by atoms with Crippen molar-refractivity contribution < 1.29 is 80.2 Å². The van der Waals surface area contributed by atoms with Gasteiger partial charge in [0.15, 0.2) is 12.2 Å². The molecule has 0 aromatic heterocycles. The number of hydrogen-bond acceptors (Lipinski definition) is 15. The third kappa shape index (κ3) is 76.3. The summed E-state index contributed by atoms with van der Waals surface area (Å²) in [6.07, 6.45) is 59.9. The Hall–Kier alpha value is -1.94. The molecule has 0 rings (SSSR count). The molecular weight excluding hydrogens is 1330 g/mol. The Morgan fingerprint density at radius 3 is 0.608 bits per heavy atom. The van der Waals surface area contributed by atoms with Crippen molar-refractivity contribution in [2.45, 2.75) is 446 Å². The van der Waals surface area contributed by atoms with Gasteiger partial charge in [-0.3, -0.25) is 37.3 Å². The number of aliphatic hydroxyl groups is 1. The molecule has 0 spiro atoms. The number of aliphatic hydroxyl groups excluding tert-OH is 1. The van der Waals surface area contributed by atoms with Crippen LogP contribution in [0.15, 0.2) is 0 Å². The number of phosphoric ester groups is 2. The molecule has 2 unspecified atom stereocenters. The van der Waals surface area contributed by atoms with E-state index in [1.807, 2.05) is 0 Å². The first-order valence-corrected chi connectivity index (χ1v) is 45.7. The summed E-state index contributed by atoms with van der Waals surface area (Å²) >= 11 is 0. The van der Waals surface area contributed by atoms with Crippen molar-refractivity contribution in [2.24, 2.45) is 23.7 Å². The molecule has 0 bridgehead atoms. The molecule has 0 aliphatic carbocycles. The fourth-order valence-electron chi connectivity index (χ4n) is 12.8. The van der Waals surface area contributed by atoms with Crippen LogP contribution in [0.5, 0.6) is 0 Å². The molecule has 0 fully saturated rings. The zero-order chi connectivity index (χ0) is 75.3.